The molecule has 0 aliphatic heterocycles. The summed E-state index contributed by atoms with van der Waals surface area (Å²) in [6, 6.07) is 3.15. The number of hydrogen-bond donors (Lipinski definition) is 1. The van der Waals surface area contributed by atoms with Crippen LogP contribution in [0.3, 0.4) is 0 Å². The zero-order valence-electron chi connectivity index (χ0n) is 11.7. The topological polar surface area (TPSA) is 42.0 Å². The molecule has 3 nitrogen and oxygen atoms in total. The molecular weight excluding hydrogens is 283 g/mol. The van der Waals surface area contributed by atoms with Gasteiger partial charge in [-0.3, -0.25) is 4.79 Å². The molecule has 19 heavy (non-hydrogen) atoms. The highest BCUT2D eigenvalue weighted by molar-refractivity contribution is 6.34. The van der Waals surface area contributed by atoms with Crippen molar-refractivity contribution in [3.63, 3.8) is 0 Å². The van der Waals surface area contributed by atoms with Crippen LogP contribution in [0.2, 0.25) is 10.3 Å². The number of pyridine rings is 1. The molecule has 1 heterocycles. The second kappa shape index (κ2) is 7.11. The molecule has 0 aliphatic carbocycles. The van der Waals surface area contributed by atoms with Gasteiger partial charge in [0, 0.05) is 6.54 Å². The molecular formula is C14H20Cl2N2O. The maximum atomic E-state index is 12.0. The molecule has 5 heteroatoms. The van der Waals surface area contributed by atoms with E-state index < -0.39 is 0 Å². The highest BCUT2D eigenvalue weighted by atomic mass is 35.5. The molecule has 0 aromatic carbocycles. The second-order valence-corrected chi connectivity index (χ2v) is 6.08. The number of halogens is 2. The third-order valence-corrected chi connectivity index (χ3v) is 3.77. The maximum Gasteiger partial charge on any atom is 0.254 e. The van der Waals surface area contributed by atoms with E-state index in [0.29, 0.717) is 29.9 Å². The molecule has 1 aromatic rings. The average Bonchev–Trinajstić information content (AvgIpc) is 2.27. The van der Waals surface area contributed by atoms with Crippen molar-refractivity contribution in [3.05, 3.63) is 28.0 Å². The van der Waals surface area contributed by atoms with Crippen LogP contribution in [-0.2, 0) is 0 Å². The van der Waals surface area contributed by atoms with Gasteiger partial charge in [-0.25, -0.2) is 4.98 Å². The predicted octanol–water partition coefficient (Wildman–Crippen LogP) is 4.05. The fourth-order valence-electron chi connectivity index (χ4n) is 2.13. The normalized spacial score (nSPS) is 11.4. The molecule has 0 bridgehead atoms. The smallest absolute Gasteiger partial charge is 0.254 e. The Morgan fingerprint density at radius 3 is 2.26 bits per heavy atom. The monoisotopic (exact) mass is 302 g/mol. The quantitative estimate of drug-likeness (QED) is 0.834. The summed E-state index contributed by atoms with van der Waals surface area (Å²) < 4.78 is 0. The van der Waals surface area contributed by atoms with Crippen molar-refractivity contribution >= 4 is 29.1 Å². The van der Waals surface area contributed by atoms with E-state index in [1.54, 1.807) is 12.1 Å². The Bertz CT molecular complexity index is 439. The number of hydrogen-bond acceptors (Lipinski definition) is 2. The van der Waals surface area contributed by atoms with E-state index in [4.69, 9.17) is 23.2 Å². The number of nitrogens with zero attached hydrogens (tertiary/aromatic N) is 1. The Kier molecular flexibility index (Phi) is 6.08. The minimum Gasteiger partial charge on any atom is -0.352 e. The first-order valence-corrected chi connectivity index (χ1v) is 7.18. The van der Waals surface area contributed by atoms with Gasteiger partial charge in [0.2, 0.25) is 0 Å². The average molecular weight is 303 g/mol. The number of aromatic nitrogens is 1. The summed E-state index contributed by atoms with van der Waals surface area (Å²) in [5.41, 5.74) is 0.359. The summed E-state index contributed by atoms with van der Waals surface area (Å²) in [6.07, 6.45) is 0. The standard InChI is InChI=1S/C14H20Cl2N2O/c1-8(2)11(9(3)4)7-17-14(19)10-5-6-12(15)18-13(10)16/h5-6,8-9,11H,7H2,1-4H3,(H,17,19). The van der Waals surface area contributed by atoms with Crippen LogP contribution in [0.25, 0.3) is 0 Å². The number of carbonyl (C=O) groups is 1. The van der Waals surface area contributed by atoms with Crippen LogP contribution < -0.4 is 5.32 Å². The number of rotatable bonds is 5. The Morgan fingerprint density at radius 2 is 1.79 bits per heavy atom. The summed E-state index contributed by atoms with van der Waals surface area (Å²) in [5, 5.41) is 3.33. The first-order chi connectivity index (χ1) is 8.82. The molecule has 0 spiro atoms. The van der Waals surface area contributed by atoms with Gasteiger partial charge in [0.05, 0.1) is 5.56 Å². The highest BCUT2D eigenvalue weighted by Gasteiger charge is 2.19. The van der Waals surface area contributed by atoms with E-state index in [1.165, 1.54) is 0 Å². The van der Waals surface area contributed by atoms with Crippen LogP contribution in [0.15, 0.2) is 12.1 Å². The highest BCUT2D eigenvalue weighted by Crippen LogP contribution is 2.20. The lowest BCUT2D eigenvalue weighted by Crippen LogP contribution is -2.34. The summed E-state index contributed by atoms with van der Waals surface area (Å²) in [4.78, 5) is 15.9. The lowest BCUT2D eigenvalue weighted by atomic mass is 9.85. The van der Waals surface area contributed by atoms with Crippen molar-refractivity contribution < 1.29 is 4.79 Å². The molecule has 1 aromatic heterocycles. The van der Waals surface area contributed by atoms with Gasteiger partial charge in [0.1, 0.15) is 10.3 Å². The van der Waals surface area contributed by atoms with Crippen molar-refractivity contribution in [2.75, 3.05) is 6.54 Å². The predicted molar refractivity (Wildman–Crippen MR) is 79.8 cm³/mol. The molecule has 0 aliphatic rings. The van der Waals surface area contributed by atoms with Crippen LogP contribution in [0.4, 0.5) is 0 Å². The minimum atomic E-state index is -0.208. The molecule has 1 amide bonds. The minimum absolute atomic E-state index is 0.135. The summed E-state index contributed by atoms with van der Waals surface area (Å²) in [6.45, 7) is 9.27. The molecule has 0 saturated carbocycles. The first-order valence-electron chi connectivity index (χ1n) is 6.43. The van der Waals surface area contributed by atoms with Crippen molar-refractivity contribution in [2.45, 2.75) is 27.7 Å². The summed E-state index contributed by atoms with van der Waals surface area (Å²) in [5.74, 6) is 1.25. The zero-order chi connectivity index (χ0) is 14.6. The molecule has 0 saturated heterocycles. The third kappa shape index (κ3) is 4.66. The summed E-state index contributed by atoms with van der Waals surface area (Å²) in [7, 11) is 0. The fourth-order valence-corrected chi connectivity index (χ4v) is 2.56. The molecule has 0 fully saturated rings. The van der Waals surface area contributed by atoms with E-state index in [1.807, 2.05) is 0 Å². The van der Waals surface area contributed by atoms with E-state index in [2.05, 4.69) is 38.0 Å². The number of carbonyl (C=O) groups excluding carboxylic acids is 1. The molecule has 1 rings (SSSR count). The van der Waals surface area contributed by atoms with Crippen LogP contribution in [-0.4, -0.2) is 17.4 Å². The van der Waals surface area contributed by atoms with Crippen LogP contribution >= 0.6 is 23.2 Å². The van der Waals surface area contributed by atoms with Gasteiger partial charge in [-0.05, 0) is 29.9 Å². The maximum absolute atomic E-state index is 12.0. The molecule has 0 atom stereocenters. The van der Waals surface area contributed by atoms with Gasteiger partial charge < -0.3 is 5.32 Å². The van der Waals surface area contributed by atoms with Gasteiger partial charge >= 0.3 is 0 Å². The van der Waals surface area contributed by atoms with E-state index >= 15 is 0 Å². The van der Waals surface area contributed by atoms with Crippen LogP contribution in [0, 0.1) is 17.8 Å². The Hall–Kier alpha value is -0.800. The zero-order valence-corrected chi connectivity index (χ0v) is 13.2. The molecule has 106 valence electrons. The van der Waals surface area contributed by atoms with Crippen molar-refractivity contribution in [3.8, 4) is 0 Å². The van der Waals surface area contributed by atoms with Crippen LogP contribution in [0.1, 0.15) is 38.1 Å². The fraction of sp³-hybridized carbons (Fsp3) is 0.571. The third-order valence-electron chi connectivity index (χ3n) is 3.27. The van der Waals surface area contributed by atoms with Crippen molar-refractivity contribution in [1.82, 2.24) is 10.3 Å². The Morgan fingerprint density at radius 1 is 1.21 bits per heavy atom. The molecule has 0 radical (unpaired) electrons. The number of amides is 1. The first kappa shape index (κ1) is 16.3. The number of nitrogens with one attached hydrogen (secondary N) is 1. The Labute approximate surface area is 124 Å². The van der Waals surface area contributed by atoms with Crippen molar-refractivity contribution in [2.24, 2.45) is 17.8 Å². The van der Waals surface area contributed by atoms with Crippen molar-refractivity contribution in [1.29, 1.82) is 0 Å². The van der Waals surface area contributed by atoms with E-state index in [0.717, 1.165) is 0 Å². The lowest BCUT2D eigenvalue weighted by molar-refractivity contribution is 0.0937. The van der Waals surface area contributed by atoms with Gasteiger partial charge in [0.25, 0.3) is 5.91 Å². The lowest BCUT2D eigenvalue weighted by Gasteiger charge is -2.25. The molecule has 0 unspecified atom stereocenters. The van der Waals surface area contributed by atoms with E-state index in [-0.39, 0.29) is 16.2 Å². The van der Waals surface area contributed by atoms with Gasteiger partial charge in [0.15, 0.2) is 0 Å². The van der Waals surface area contributed by atoms with E-state index in [9.17, 15) is 4.79 Å². The van der Waals surface area contributed by atoms with Gasteiger partial charge in [-0.2, -0.15) is 0 Å². The van der Waals surface area contributed by atoms with Crippen LogP contribution in [0.5, 0.6) is 0 Å². The van der Waals surface area contributed by atoms with Gasteiger partial charge in [-0.1, -0.05) is 50.9 Å². The Balaban J connectivity index is 2.69. The summed E-state index contributed by atoms with van der Waals surface area (Å²) >= 11 is 11.6. The second-order valence-electron chi connectivity index (χ2n) is 5.33. The van der Waals surface area contributed by atoms with Gasteiger partial charge in [-0.15, -0.1) is 0 Å². The SMILES string of the molecule is CC(C)C(CNC(=O)c1ccc(Cl)nc1Cl)C(C)C. The molecule has 1 N–H and O–H groups in total. The largest absolute Gasteiger partial charge is 0.352 e.